The quantitative estimate of drug-likeness (QED) is 0.801. The summed E-state index contributed by atoms with van der Waals surface area (Å²) in [6.07, 6.45) is 0. The molecule has 1 heterocycles. The van der Waals surface area contributed by atoms with Crippen LogP contribution in [0.3, 0.4) is 0 Å². The maximum atomic E-state index is 11.7. The summed E-state index contributed by atoms with van der Waals surface area (Å²) in [6.45, 7) is 4.01. The van der Waals surface area contributed by atoms with Crippen molar-refractivity contribution in [3.05, 3.63) is 33.8 Å². The summed E-state index contributed by atoms with van der Waals surface area (Å²) in [6, 6.07) is 5.59. The van der Waals surface area contributed by atoms with E-state index >= 15 is 0 Å². The molecule has 1 aliphatic heterocycles. The summed E-state index contributed by atoms with van der Waals surface area (Å²) in [5, 5.41) is 0. The number of morpholine rings is 1. The molecule has 0 spiro atoms. The lowest BCUT2D eigenvalue weighted by molar-refractivity contribution is 0.0337. The molecule has 0 unspecified atom stereocenters. The SMILES string of the molecule is COC(=O)c1cccc(Br)c1CN1CCOCC1. The minimum Gasteiger partial charge on any atom is -0.465 e. The van der Waals surface area contributed by atoms with Gasteiger partial charge in [-0.2, -0.15) is 0 Å². The van der Waals surface area contributed by atoms with Gasteiger partial charge < -0.3 is 9.47 Å². The molecule has 5 heteroatoms. The van der Waals surface area contributed by atoms with Crippen LogP contribution in [0.25, 0.3) is 0 Å². The molecule has 0 aliphatic carbocycles. The van der Waals surface area contributed by atoms with Crippen LogP contribution in [0, 0.1) is 0 Å². The molecule has 98 valence electrons. The van der Waals surface area contributed by atoms with Crippen molar-refractivity contribution < 1.29 is 14.3 Å². The highest BCUT2D eigenvalue weighted by Crippen LogP contribution is 2.23. The van der Waals surface area contributed by atoms with Crippen molar-refractivity contribution in [3.63, 3.8) is 0 Å². The Morgan fingerprint density at radius 1 is 1.44 bits per heavy atom. The smallest absolute Gasteiger partial charge is 0.338 e. The first kappa shape index (κ1) is 13.5. The molecule has 1 aromatic carbocycles. The Morgan fingerprint density at radius 3 is 2.83 bits per heavy atom. The van der Waals surface area contributed by atoms with Crippen molar-refractivity contribution in [2.24, 2.45) is 0 Å². The number of esters is 1. The number of benzene rings is 1. The molecule has 1 saturated heterocycles. The first-order valence-corrected chi connectivity index (χ1v) is 6.67. The monoisotopic (exact) mass is 313 g/mol. The van der Waals surface area contributed by atoms with Crippen LogP contribution in [-0.4, -0.2) is 44.3 Å². The summed E-state index contributed by atoms with van der Waals surface area (Å²) in [5.74, 6) is -0.292. The van der Waals surface area contributed by atoms with Gasteiger partial charge in [-0.3, -0.25) is 4.90 Å². The maximum absolute atomic E-state index is 11.7. The van der Waals surface area contributed by atoms with E-state index in [0.29, 0.717) is 5.56 Å². The van der Waals surface area contributed by atoms with Crippen LogP contribution < -0.4 is 0 Å². The molecule has 4 nitrogen and oxygen atoms in total. The topological polar surface area (TPSA) is 38.8 Å². The largest absolute Gasteiger partial charge is 0.465 e. The first-order valence-electron chi connectivity index (χ1n) is 5.88. The van der Waals surface area contributed by atoms with E-state index in [9.17, 15) is 4.79 Å². The number of hydrogen-bond donors (Lipinski definition) is 0. The molecule has 1 aromatic rings. The molecule has 0 N–H and O–H groups in total. The van der Waals surface area contributed by atoms with Gasteiger partial charge in [0, 0.05) is 24.1 Å². The number of ether oxygens (including phenoxy) is 2. The van der Waals surface area contributed by atoms with E-state index in [0.717, 1.165) is 42.9 Å². The van der Waals surface area contributed by atoms with Gasteiger partial charge in [0.1, 0.15) is 0 Å². The van der Waals surface area contributed by atoms with Crippen molar-refractivity contribution >= 4 is 21.9 Å². The van der Waals surface area contributed by atoms with Crippen LogP contribution in [0.1, 0.15) is 15.9 Å². The maximum Gasteiger partial charge on any atom is 0.338 e. The Morgan fingerprint density at radius 2 is 2.17 bits per heavy atom. The van der Waals surface area contributed by atoms with E-state index in [1.54, 1.807) is 6.07 Å². The second-order valence-electron chi connectivity index (χ2n) is 4.15. The molecular formula is C13H16BrNO3. The molecule has 0 atom stereocenters. The second-order valence-corrected chi connectivity index (χ2v) is 5.00. The third-order valence-electron chi connectivity index (χ3n) is 3.01. The van der Waals surface area contributed by atoms with Gasteiger partial charge in [0.2, 0.25) is 0 Å². The zero-order chi connectivity index (χ0) is 13.0. The van der Waals surface area contributed by atoms with Crippen molar-refractivity contribution in [1.82, 2.24) is 4.90 Å². The summed E-state index contributed by atoms with van der Waals surface area (Å²) in [5.41, 5.74) is 1.60. The molecule has 0 amide bonds. The van der Waals surface area contributed by atoms with Gasteiger partial charge >= 0.3 is 5.97 Å². The Bertz CT molecular complexity index is 430. The van der Waals surface area contributed by atoms with E-state index in [2.05, 4.69) is 20.8 Å². The number of nitrogens with zero attached hydrogens (tertiary/aromatic N) is 1. The van der Waals surface area contributed by atoms with E-state index in [1.807, 2.05) is 12.1 Å². The van der Waals surface area contributed by atoms with Crippen LogP contribution in [0.4, 0.5) is 0 Å². The number of rotatable bonds is 3. The Hall–Kier alpha value is -0.910. The Balaban J connectivity index is 2.21. The van der Waals surface area contributed by atoms with E-state index < -0.39 is 0 Å². The van der Waals surface area contributed by atoms with Gasteiger partial charge in [0.25, 0.3) is 0 Å². The number of carbonyl (C=O) groups is 1. The molecule has 1 aliphatic rings. The third kappa shape index (κ3) is 3.10. The van der Waals surface area contributed by atoms with Crippen LogP contribution in [0.5, 0.6) is 0 Å². The number of hydrogen-bond acceptors (Lipinski definition) is 4. The van der Waals surface area contributed by atoms with Crippen molar-refractivity contribution in [2.45, 2.75) is 6.54 Å². The van der Waals surface area contributed by atoms with Crippen LogP contribution in [-0.2, 0) is 16.0 Å². The lowest BCUT2D eigenvalue weighted by atomic mass is 10.1. The van der Waals surface area contributed by atoms with Gasteiger partial charge in [-0.15, -0.1) is 0 Å². The van der Waals surface area contributed by atoms with Crippen molar-refractivity contribution in [3.8, 4) is 0 Å². The normalized spacial score (nSPS) is 16.6. The Labute approximate surface area is 115 Å². The van der Waals surface area contributed by atoms with Crippen molar-refractivity contribution in [2.75, 3.05) is 33.4 Å². The van der Waals surface area contributed by atoms with E-state index in [4.69, 9.17) is 9.47 Å². The van der Waals surface area contributed by atoms with Gasteiger partial charge in [-0.25, -0.2) is 4.79 Å². The highest BCUT2D eigenvalue weighted by atomic mass is 79.9. The van der Waals surface area contributed by atoms with Gasteiger partial charge in [0.15, 0.2) is 0 Å². The predicted molar refractivity (Wildman–Crippen MR) is 71.6 cm³/mol. The van der Waals surface area contributed by atoms with Crippen molar-refractivity contribution in [1.29, 1.82) is 0 Å². The van der Waals surface area contributed by atoms with E-state index in [1.165, 1.54) is 7.11 Å². The average molecular weight is 314 g/mol. The van der Waals surface area contributed by atoms with Gasteiger partial charge in [-0.05, 0) is 17.7 Å². The number of methoxy groups -OCH3 is 1. The average Bonchev–Trinajstić information content (AvgIpc) is 2.41. The second kappa shape index (κ2) is 6.31. The molecule has 0 aromatic heterocycles. The first-order chi connectivity index (χ1) is 8.72. The lowest BCUT2D eigenvalue weighted by Crippen LogP contribution is -2.36. The molecule has 0 radical (unpaired) electrons. The molecule has 0 bridgehead atoms. The fourth-order valence-electron chi connectivity index (χ4n) is 2.00. The standard InChI is InChI=1S/C13H16BrNO3/c1-17-13(16)10-3-2-4-12(14)11(10)9-15-5-7-18-8-6-15/h2-4H,5-9H2,1H3. The lowest BCUT2D eigenvalue weighted by Gasteiger charge is -2.27. The predicted octanol–water partition coefficient (Wildman–Crippen LogP) is 2.07. The molecule has 0 saturated carbocycles. The van der Waals surface area contributed by atoms with Crippen LogP contribution >= 0.6 is 15.9 Å². The number of carbonyl (C=O) groups excluding carboxylic acids is 1. The fraction of sp³-hybridized carbons (Fsp3) is 0.462. The zero-order valence-corrected chi connectivity index (χ0v) is 11.9. The molecule has 1 fully saturated rings. The summed E-state index contributed by atoms with van der Waals surface area (Å²) >= 11 is 3.51. The van der Waals surface area contributed by atoms with Crippen LogP contribution in [0.2, 0.25) is 0 Å². The van der Waals surface area contributed by atoms with Gasteiger partial charge in [-0.1, -0.05) is 22.0 Å². The zero-order valence-electron chi connectivity index (χ0n) is 10.3. The highest BCUT2D eigenvalue weighted by Gasteiger charge is 2.18. The summed E-state index contributed by atoms with van der Waals surface area (Å²) in [4.78, 5) is 14.0. The minimum absolute atomic E-state index is 0.292. The summed E-state index contributed by atoms with van der Waals surface area (Å²) in [7, 11) is 1.40. The van der Waals surface area contributed by atoms with Crippen LogP contribution in [0.15, 0.2) is 22.7 Å². The minimum atomic E-state index is -0.292. The number of halogens is 1. The fourth-order valence-corrected chi connectivity index (χ4v) is 2.50. The third-order valence-corrected chi connectivity index (χ3v) is 3.75. The summed E-state index contributed by atoms with van der Waals surface area (Å²) < 4.78 is 11.1. The van der Waals surface area contributed by atoms with Gasteiger partial charge in [0.05, 0.1) is 25.9 Å². The van der Waals surface area contributed by atoms with E-state index in [-0.39, 0.29) is 5.97 Å². The molecule has 18 heavy (non-hydrogen) atoms. The molecule has 2 rings (SSSR count). The Kier molecular flexibility index (Phi) is 4.74. The highest BCUT2D eigenvalue weighted by molar-refractivity contribution is 9.10. The molecular weight excluding hydrogens is 298 g/mol.